The second-order valence-electron chi connectivity index (χ2n) is 5.01. The van der Waals surface area contributed by atoms with Crippen molar-refractivity contribution in [1.29, 1.82) is 0 Å². The van der Waals surface area contributed by atoms with Gasteiger partial charge in [0.05, 0.1) is 12.0 Å². The average molecular weight is 298 g/mol. The van der Waals surface area contributed by atoms with Crippen LogP contribution in [0.2, 0.25) is 5.15 Å². The summed E-state index contributed by atoms with van der Waals surface area (Å²) in [6.07, 6.45) is 1.72. The molecule has 6 heteroatoms. The van der Waals surface area contributed by atoms with Crippen molar-refractivity contribution in [2.75, 3.05) is 0 Å². The third-order valence-corrected chi connectivity index (χ3v) is 3.91. The predicted molar refractivity (Wildman–Crippen MR) is 82.4 cm³/mol. The van der Waals surface area contributed by atoms with E-state index >= 15 is 0 Å². The molecule has 0 spiro atoms. The Hall–Kier alpha value is -2.40. The molecule has 4 rings (SSSR count). The number of nitrogens with zero attached hydrogens (tertiary/aromatic N) is 5. The van der Waals surface area contributed by atoms with Crippen molar-refractivity contribution < 1.29 is 0 Å². The molecule has 1 aromatic carbocycles. The third kappa shape index (κ3) is 1.67. The van der Waals surface area contributed by atoms with E-state index in [1.165, 1.54) is 0 Å². The summed E-state index contributed by atoms with van der Waals surface area (Å²) in [4.78, 5) is 8.74. The largest absolute Gasteiger partial charge is 0.318 e. The van der Waals surface area contributed by atoms with Crippen molar-refractivity contribution in [1.82, 2.24) is 24.1 Å². The molecule has 5 nitrogen and oxygen atoms in total. The van der Waals surface area contributed by atoms with Crippen LogP contribution in [0.4, 0.5) is 0 Å². The summed E-state index contributed by atoms with van der Waals surface area (Å²) in [5, 5.41) is 5.12. The average Bonchev–Trinajstić information content (AvgIpc) is 3.03. The van der Waals surface area contributed by atoms with E-state index in [9.17, 15) is 0 Å². The number of halogens is 1. The highest BCUT2D eigenvalue weighted by Gasteiger charge is 2.18. The molecule has 0 N–H and O–H groups in total. The van der Waals surface area contributed by atoms with Gasteiger partial charge in [0.15, 0.2) is 16.4 Å². The Labute approximate surface area is 125 Å². The molecule has 0 unspecified atom stereocenters. The Morgan fingerprint density at radius 2 is 1.90 bits per heavy atom. The van der Waals surface area contributed by atoms with Gasteiger partial charge in [-0.05, 0) is 6.92 Å². The highest BCUT2D eigenvalue weighted by atomic mass is 35.5. The van der Waals surface area contributed by atoms with Crippen molar-refractivity contribution in [2.45, 2.75) is 6.92 Å². The number of fused-ring (bicyclic) bond motifs is 3. The standard InChI is InChI=1S/C15H12ClN5/c1-9-11(10-6-4-3-5-7-10)19-21-14(9)18-13(16)12-15(21)20(2)8-17-12/h3-8H,1-2H3. The van der Waals surface area contributed by atoms with Crippen LogP contribution in [0.25, 0.3) is 28.1 Å². The van der Waals surface area contributed by atoms with Gasteiger partial charge in [0, 0.05) is 18.2 Å². The van der Waals surface area contributed by atoms with Gasteiger partial charge in [0.1, 0.15) is 5.52 Å². The van der Waals surface area contributed by atoms with Crippen LogP contribution in [0.3, 0.4) is 0 Å². The fourth-order valence-electron chi connectivity index (χ4n) is 2.60. The number of aromatic nitrogens is 5. The van der Waals surface area contributed by atoms with E-state index in [1.54, 1.807) is 6.33 Å². The summed E-state index contributed by atoms with van der Waals surface area (Å²) >= 11 is 6.25. The molecule has 0 fully saturated rings. The third-order valence-electron chi connectivity index (χ3n) is 3.64. The van der Waals surface area contributed by atoms with Gasteiger partial charge < -0.3 is 4.57 Å². The minimum Gasteiger partial charge on any atom is -0.318 e. The maximum atomic E-state index is 6.25. The van der Waals surface area contributed by atoms with Gasteiger partial charge in [-0.15, -0.1) is 0 Å². The monoisotopic (exact) mass is 297 g/mol. The molecular formula is C15H12ClN5. The Kier molecular flexibility index (Phi) is 2.53. The van der Waals surface area contributed by atoms with Crippen molar-refractivity contribution in [2.24, 2.45) is 7.05 Å². The first-order valence-corrected chi connectivity index (χ1v) is 6.96. The normalized spacial score (nSPS) is 11.6. The number of hydrogen-bond acceptors (Lipinski definition) is 3. The number of rotatable bonds is 1. The second-order valence-corrected chi connectivity index (χ2v) is 5.36. The van der Waals surface area contributed by atoms with Gasteiger partial charge in [0.25, 0.3) is 0 Å². The molecule has 21 heavy (non-hydrogen) atoms. The Morgan fingerprint density at radius 1 is 1.14 bits per heavy atom. The predicted octanol–water partition coefficient (Wildman–Crippen LogP) is 3.24. The molecule has 0 atom stereocenters. The molecule has 3 heterocycles. The van der Waals surface area contributed by atoms with Crippen LogP contribution in [-0.2, 0) is 7.05 Å². The molecule has 0 radical (unpaired) electrons. The number of hydrogen-bond donors (Lipinski definition) is 0. The Balaban J connectivity index is 2.15. The minimum atomic E-state index is 0.403. The van der Waals surface area contributed by atoms with Gasteiger partial charge in [-0.2, -0.15) is 9.61 Å². The first kappa shape index (κ1) is 12.3. The number of aryl methyl sites for hydroxylation is 2. The van der Waals surface area contributed by atoms with E-state index < -0.39 is 0 Å². The molecule has 0 bridgehead atoms. The van der Waals surface area contributed by atoms with Crippen LogP contribution in [0.5, 0.6) is 0 Å². The molecule has 0 saturated heterocycles. The lowest BCUT2D eigenvalue weighted by atomic mass is 10.1. The quantitative estimate of drug-likeness (QED) is 0.507. The molecule has 104 valence electrons. The van der Waals surface area contributed by atoms with Crippen LogP contribution < -0.4 is 0 Å². The lowest BCUT2D eigenvalue weighted by Gasteiger charge is -2.00. The van der Waals surface area contributed by atoms with Crippen molar-refractivity contribution in [3.05, 3.63) is 47.4 Å². The molecule has 0 aliphatic heterocycles. The van der Waals surface area contributed by atoms with Crippen molar-refractivity contribution in [3.63, 3.8) is 0 Å². The summed E-state index contributed by atoms with van der Waals surface area (Å²) in [6, 6.07) is 10.1. The molecule has 0 aliphatic carbocycles. The summed E-state index contributed by atoms with van der Waals surface area (Å²) in [5.41, 5.74) is 5.24. The van der Waals surface area contributed by atoms with Gasteiger partial charge in [0.2, 0.25) is 0 Å². The minimum absolute atomic E-state index is 0.403. The Morgan fingerprint density at radius 3 is 2.67 bits per heavy atom. The SMILES string of the molecule is Cc1c(-c2ccccc2)nn2c1nc(Cl)c1ncn(C)c12. The van der Waals surface area contributed by atoms with E-state index in [-0.39, 0.29) is 0 Å². The lowest BCUT2D eigenvalue weighted by Crippen LogP contribution is -1.98. The van der Waals surface area contributed by atoms with Crippen LogP contribution in [-0.4, -0.2) is 24.1 Å². The van der Waals surface area contributed by atoms with E-state index in [4.69, 9.17) is 16.7 Å². The number of imidazole rings is 1. The van der Waals surface area contributed by atoms with Crippen LogP contribution in [0, 0.1) is 6.92 Å². The van der Waals surface area contributed by atoms with E-state index in [0.717, 1.165) is 28.1 Å². The van der Waals surface area contributed by atoms with E-state index in [0.29, 0.717) is 10.7 Å². The zero-order valence-corrected chi connectivity index (χ0v) is 12.3. The van der Waals surface area contributed by atoms with Gasteiger partial charge in [-0.1, -0.05) is 41.9 Å². The van der Waals surface area contributed by atoms with Crippen molar-refractivity contribution >= 4 is 28.4 Å². The van der Waals surface area contributed by atoms with Gasteiger partial charge in [-0.25, -0.2) is 9.97 Å². The highest BCUT2D eigenvalue weighted by molar-refractivity contribution is 6.33. The fourth-order valence-corrected chi connectivity index (χ4v) is 2.81. The first-order chi connectivity index (χ1) is 10.2. The van der Waals surface area contributed by atoms with E-state index in [1.807, 2.05) is 53.4 Å². The maximum absolute atomic E-state index is 6.25. The topological polar surface area (TPSA) is 48.0 Å². The fraction of sp³-hybridized carbons (Fsp3) is 0.133. The van der Waals surface area contributed by atoms with Crippen LogP contribution in [0.1, 0.15) is 5.56 Å². The molecule has 0 saturated carbocycles. The molecule has 0 aliphatic rings. The van der Waals surface area contributed by atoms with Crippen molar-refractivity contribution in [3.8, 4) is 11.3 Å². The van der Waals surface area contributed by atoms with Crippen LogP contribution in [0.15, 0.2) is 36.7 Å². The highest BCUT2D eigenvalue weighted by Crippen LogP contribution is 2.28. The lowest BCUT2D eigenvalue weighted by molar-refractivity contribution is 0.876. The van der Waals surface area contributed by atoms with E-state index in [2.05, 4.69) is 9.97 Å². The summed E-state index contributed by atoms with van der Waals surface area (Å²) in [6.45, 7) is 2.01. The zero-order valence-electron chi connectivity index (χ0n) is 11.6. The molecular weight excluding hydrogens is 286 g/mol. The zero-order chi connectivity index (χ0) is 14.6. The number of benzene rings is 1. The molecule has 0 amide bonds. The van der Waals surface area contributed by atoms with Gasteiger partial charge >= 0.3 is 0 Å². The smallest absolute Gasteiger partial charge is 0.166 e. The Bertz CT molecular complexity index is 968. The maximum Gasteiger partial charge on any atom is 0.166 e. The summed E-state index contributed by atoms with van der Waals surface area (Å²) < 4.78 is 3.71. The first-order valence-electron chi connectivity index (χ1n) is 6.58. The summed E-state index contributed by atoms with van der Waals surface area (Å²) in [5.74, 6) is 0. The van der Waals surface area contributed by atoms with Crippen LogP contribution >= 0.6 is 11.6 Å². The molecule has 3 aromatic heterocycles. The summed E-state index contributed by atoms with van der Waals surface area (Å²) in [7, 11) is 1.92. The second kappa shape index (κ2) is 4.30. The van der Waals surface area contributed by atoms with Gasteiger partial charge in [-0.3, -0.25) is 0 Å². The molecule has 4 aromatic rings.